The molecule has 100 valence electrons. The Labute approximate surface area is 124 Å². The van der Waals surface area contributed by atoms with Crippen molar-refractivity contribution in [2.24, 2.45) is 0 Å². The highest BCUT2D eigenvalue weighted by Gasteiger charge is 2.16. The van der Waals surface area contributed by atoms with Crippen molar-refractivity contribution in [3.05, 3.63) is 34.1 Å². The van der Waals surface area contributed by atoms with Gasteiger partial charge < -0.3 is 10.2 Å². The molecule has 5 nitrogen and oxygen atoms in total. The number of halogens is 2. The minimum absolute atomic E-state index is 0.278. The van der Waals surface area contributed by atoms with Gasteiger partial charge in [0, 0.05) is 23.4 Å². The first-order chi connectivity index (χ1) is 9.24. The van der Waals surface area contributed by atoms with Crippen LogP contribution in [0.2, 0.25) is 10.0 Å². The van der Waals surface area contributed by atoms with Gasteiger partial charge in [0.1, 0.15) is 12.4 Å². The maximum atomic E-state index is 6.03. The smallest absolute Gasteiger partial charge is 0.210 e. The number of thioether (sulfide) groups is 1. The number of hydrogen-bond donors (Lipinski definition) is 1. The quantitative estimate of drug-likeness (QED) is 0.943. The summed E-state index contributed by atoms with van der Waals surface area (Å²) in [6.07, 6.45) is 0. The summed E-state index contributed by atoms with van der Waals surface area (Å²) in [5.41, 5.74) is 3.21. The van der Waals surface area contributed by atoms with Crippen molar-refractivity contribution in [1.82, 2.24) is 14.9 Å². The van der Waals surface area contributed by atoms with Crippen LogP contribution in [0.15, 0.2) is 23.4 Å². The predicted octanol–water partition coefficient (Wildman–Crippen LogP) is 2.81. The van der Waals surface area contributed by atoms with Gasteiger partial charge in [0.2, 0.25) is 5.16 Å². The standard InChI is InChI=1S/C11H10Cl2N4OS/c12-7-1-2-8(13)9(5-7)18-6-10-15-16-11-17(10)14-3-4-19-11/h1-2,5,14H,3-4,6H2. The van der Waals surface area contributed by atoms with Crippen LogP contribution in [0, 0.1) is 0 Å². The molecule has 1 aliphatic rings. The summed E-state index contributed by atoms with van der Waals surface area (Å²) < 4.78 is 7.48. The Morgan fingerprint density at radius 2 is 2.26 bits per heavy atom. The summed E-state index contributed by atoms with van der Waals surface area (Å²) in [7, 11) is 0. The fourth-order valence-corrected chi connectivity index (χ4v) is 2.78. The van der Waals surface area contributed by atoms with E-state index in [-0.39, 0.29) is 6.61 Å². The molecule has 0 amide bonds. The van der Waals surface area contributed by atoms with E-state index in [0.717, 1.165) is 17.5 Å². The fraction of sp³-hybridized carbons (Fsp3) is 0.273. The van der Waals surface area contributed by atoms with E-state index in [9.17, 15) is 0 Å². The molecule has 0 bridgehead atoms. The first kappa shape index (κ1) is 12.9. The third-order valence-electron chi connectivity index (χ3n) is 2.55. The Morgan fingerprint density at radius 1 is 1.37 bits per heavy atom. The number of hydrogen-bond acceptors (Lipinski definition) is 5. The van der Waals surface area contributed by atoms with E-state index in [2.05, 4.69) is 15.6 Å². The summed E-state index contributed by atoms with van der Waals surface area (Å²) in [6, 6.07) is 5.10. The van der Waals surface area contributed by atoms with E-state index in [0.29, 0.717) is 21.6 Å². The van der Waals surface area contributed by atoms with Gasteiger partial charge in [-0.3, -0.25) is 0 Å². The number of ether oxygens (including phenoxy) is 1. The Kier molecular flexibility index (Phi) is 3.72. The molecule has 0 radical (unpaired) electrons. The number of fused-ring (bicyclic) bond motifs is 1. The van der Waals surface area contributed by atoms with Gasteiger partial charge in [0.25, 0.3) is 0 Å². The van der Waals surface area contributed by atoms with E-state index in [1.807, 2.05) is 4.68 Å². The number of aromatic nitrogens is 3. The first-order valence-electron chi connectivity index (χ1n) is 5.63. The lowest BCUT2D eigenvalue weighted by Gasteiger charge is -2.16. The topological polar surface area (TPSA) is 52.0 Å². The zero-order valence-corrected chi connectivity index (χ0v) is 12.1. The molecule has 0 atom stereocenters. The van der Waals surface area contributed by atoms with Crippen LogP contribution in [0.5, 0.6) is 5.75 Å². The van der Waals surface area contributed by atoms with Gasteiger partial charge in [0.15, 0.2) is 5.82 Å². The van der Waals surface area contributed by atoms with Crippen LogP contribution in [0.25, 0.3) is 0 Å². The molecule has 0 fully saturated rings. The van der Waals surface area contributed by atoms with Gasteiger partial charge in [-0.25, -0.2) is 4.68 Å². The molecule has 1 aromatic carbocycles. The molecule has 8 heteroatoms. The Balaban J connectivity index is 1.75. The van der Waals surface area contributed by atoms with Crippen molar-refractivity contribution < 1.29 is 4.74 Å². The molecule has 3 rings (SSSR count). The van der Waals surface area contributed by atoms with E-state index in [4.69, 9.17) is 27.9 Å². The summed E-state index contributed by atoms with van der Waals surface area (Å²) in [5, 5.41) is 10.1. The zero-order valence-electron chi connectivity index (χ0n) is 9.77. The van der Waals surface area contributed by atoms with Crippen LogP contribution in [0.4, 0.5) is 0 Å². The van der Waals surface area contributed by atoms with Crippen molar-refractivity contribution in [3.63, 3.8) is 0 Å². The predicted molar refractivity (Wildman–Crippen MR) is 75.8 cm³/mol. The van der Waals surface area contributed by atoms with E-state index in [1.165, 1.54) is 0 Å². The van der Waals surface area contributed by atoms with Crippen LogP contribution in [-0.2, 0) is 6.61 Å². The number of benzene rings is 1. The average molecular weight is 317 g/mol. The minimum Gasteiger partial charge on any atom is -0.484 e. The van der Waals surface area contributed by atoms with Crippen molar-refractivity contribution in [3.8, 4) is 5.75 Å². The third-order valence-corrected chi connectivity index (χ3v) is 4.03. The molecule has 1 aliphatic heterocycles. The molecule has 0 saturated carbocycles. The first-order valence-corrected chi connectivity index (χ1v) is 7.37. The number of nitrogens with zero attached hydrogens (tertiary/aromatic N) is 3. The zero-order chi connectivity index (χ0) is 13.2. The van der Waals surface area contributed by atoms with Crippen LogP contribution in [-0.4, -0.2) is 27.2 Å². The third kappa shape index (κ3) is 2.75. The molecule has 1 aromatic heterocycles. The van der Waals surface area contributed by atoms with Crippen LogP contribution >= 0.6 is 35.0 Å². The lowest BCUT2D eigenvalue weighted by molar-refractivity contribution is 0.291. The van der Waals surface area contributed by atoms with Crippen molar-refractivity contribution >= 4 is 35.0 Å². The second kappa shape index (κ2) is 5.48. The molecule has 0 aliphatic carbocycles. The molecular formula is C11H10Cl2N4OS. The van der Waals surface area contributed by atoms with Gasteiger partial charge in [-0.15, -0.1) is 10.2 Å². The molecule has 2 heterocycles. The van der Waals surface area contributed by atoms with Gasteiger partial charge in [0.05, 0.1) is 5.02 Å². The largest absolute Gasteiger partial charge is 0.484 e. The van der Waals surface area contributed by atoms with Crippen LogP contribution < -0.4 is 10.2 Å². The van der Waals surface area contributed by atoms with Crippen LogP contribution in [0.1, 0.15) is 5.82 Å². The molecule has 0 spiro atoms. The lowest BCUT2D eigenvalue weighted by Crippen LogP contribution is -2.25. The van der Waals surface area contributed by atoms with Gasteiger partial charge >= 0.3 is 0 Å². The Bertz CT molecular complexity index is 604. The molecule has 0 unspecified atom stereocenters. The summed E-state index contributed by atoms with van der Waals surface area (Å²) in [4.78, 5) is 0. The second-order valence-electron chi connectivity index (χ2n) is 3.85. The van der Waals surface area contributed by atoms with Crippen molar-refractivity contribution in [2.45, 2.75) is 11.8 Å². The summed E-state index contributed by atoms with van der Waals surface area (Å²) >= 11 is 13.6. The maximum Gasteiger partial charge on any atom is 0.210 e. The lowest BCUT2D eigenvalue weighted by atomic mass is 10.3. The average Bonchev–Trinajstić information content (AvgIpc) is 2.83. The Morgan fingerprint density at radius 3 is 3.16 bits per heavy atom. The van der Waals surface area contributed by atoms with E-state index >= 15 is 0 Å². The minimum atomic E-state index is 0.278. The highest BCUT2D eigenvalue weighted by molar-refractivity contribution is 7.99. The summed E-state index contributed by atoms with van der Waals surface area (Å²) in [6.45, 7) is 1.15. The monoisotopic (exact) mass is 316 g/mol. The number of rotatable bonds is 3. The maximum absolute atomic E-state index is 6.03. The normalized spacial score (nSPS) is 13.8. The van der Waals surface area contributed by atoms with Gasteiger partial charge in [-0.05, 0) is 12.1 Å². The molecule has 1 N–H and O–H groups in total. The van der Waals surface area contributed by atoms with E-state index < -0.39 is 0 Å². The molecule has 2 aromatic rings. The highest BCUT2D eigenvalue weighted by Crippen LogP contribution is 2.28. The van der Waals surface area contributed by atoms with E-state index in [1.54, 1.807) is 30.0 Å². The second-order valence-corrected chi connectivity index (χ2v) is 5.76. The van der Waals surface area contributed by atoms with Crippen molar-refractivity contribution in [1.29, 1.82) is 0 Å². The summed E-state index contributed by atoms with van der Waals surface area (Å²) in [5.74, 6) is 2.23. The molecule has 19 heavy (non-hydrogen) atoms. The number of nitrogens with one attached hydrogen (secondary N) is 1. The highest BCUT2D eigenvalue weighted by atomic mass is 35.5. The molecule has 0 saturated heterocycles. The van der Waals surface area contributed by atoms with Crippen molar-refractivity contribution in [2.75, 3.05) is 17.7 Å². The van der Waals surface area contributed by atoms with Crippen LogP contribution in [0.3, 0.4) is 0 Å². The van der Waals surface area contributed by atoms with Gasteiger partial charge in [-0.2, -0.15) is 0 Å². The SMILES string of the molecule is Clc1ccc(Cl)c(OCc2nnc3n2NCCS3)c1. The molecular weight excluding hydrogens is 307 g/mol. The Hall–Kier alpha value is -1.11. The van der Waals surface area contributed by atoms with Gasteiger partial charge in [-0.1, -0.05) is 35.0 Å². The fourth-order valence-electron chi connectivity index (χ4n) is 1.68.